The smallest absolute Gasteiger partial charge is 0.416 e. The maximum absolute atomic E-state index is 13.9. The van der Waals surface area contributed by atoms with Crippen LogP contribution in [0.4, 0.5) is 13.2 Å². The highest BCUT2D eigenvalue weighted by Gasteiger charge is 2.45. The lowest BCUT2D eigenvalue weighted by atomic mass is 9.79. The number of hydrogen-bond donors (Lipinski definition) is 1. The first-order chi connectivity index (χ1) is 15.6. The molecule has 0 bridgehead atoms. The molecule has 1 aliphatic rings. The van der Waals surface area contributed by atoms with E-state index in [0.29, 0.717) is 22.9 Å². The van der Waals surface area contributed by atoms with Crippen LogP contribution >= 0.6 is 11.8 Å². The molecule has 0 spiro atoms. The number of benzene rings is 1. The van der Waals surface area contributed by atoms with Gasteiger partial charge in [-0.3, -0.25) is 4.79 Å². The van der Waals surface area contributed by atoms with Crippen molar-refractivity contribution >= 4 is 30.1 Å². The van der Waals surface area contributed by atoms with Crippen molar-refractivity contribution in [3.05, 3.63) is 57.3 Å². The molecule has 33 heavy (non-hydrogen) atoms. The summed E-state index contributed by atoms with van der Waals surface area (Å²) in [4.78, 5) is 38.0. The Morgan fingerprint density at radius 2 is 1.88 bits per heavy atom. The number of hydrogen-bond acceptors (Lipinski definition) is 7. The van der Waals surface area contributed by atoms with Gasteiger partial charge in [0, 0.05) is 25.0 Å². The Hall–Kier alpha value is -2.95. The fourth-order valence-corrected chi connectivity index (χ4v) is 4.64. The summed E-state index contributed by atoms with van der Waals surface area (Å²) in [7, 11) is 2.72. The molecule has 1 unspecified atom stereocenters. The Labute approximate surface area is 194 Å². The highest BCUT2D eigenvalue weighted by molar-refractivity contribution is 8.03. The molecule has 1 atom stereocenters. The van der Waals surface area contributed by atoms with Crippen LogP contribution in [-0.4, -0.2) is 56.3 Å². The molecule has 0 aliphatic carbocycles. The second kappa shape index (κ2) is 11.3. The second-order valence-corrected chi connectivity index (χ2v) is 8.01. The van der Waals surface area contributed by atoms with Gasteiger partial charge >= 0.3 is 18.1 Å². The molecule has 2 rings (SSSR count). The van der Waals surface area contributed by atoms with Gasteiger partial charge in [-0.2, -0.15) is 13.2 Å². The van der Waals surface area contributed by atoms with Crippen molar-refractivity contribution in [2.45, 2.75) is 25.9 Å². The molecule has 180 valence electrons. The van der Waals surface area contributed by atoms with Gasteiger partial charge in [0.25, 0.3) is 0 Å². The number of amides is 1. The van der Waals surface area contributed by atoms with Gasteiger partial charge in [-0.15, -0.1) is 11.8 Å². The maximum atomic E-state index is 13.9. The van der Waals surface area contributed by atoms with Crippen molar-refractivity contribution in [3.8, 4) is 0 Å². The summed E-state index contributed by atoms with van der Waals surface area (Å²) < 4.78 is 51.9. The minimum atomic E-state index is -4.73. The van der Waals surface area contributed by atoms with Crippen LogP contribution in [0.15, 0.2) is 46.1 Å². The van der Waals surface area contributed by atoms with Gasteiger partial charge in [0.2, 0.25) is 6.41 Å². The summed E-state index contributed by atoms with van der Waals surface area (Å²) in [6, 6.07) is 4.80. The van der Waals surface area contributed by atoms with E-state index in [1.807, 2.05) is 0 Å². The standard InChI is InChI=1S/C22H25F3N2O5S/c1-5-32-21(30)18-17(14-8-6-7-9-15(14)22(23,24)25)16(20(29)31-4)13(2)27(3)19(18)33-11-10-26-12-28/h6-9,12,17H,5,10-11H2,1-4H3,(H,26,28). The molecule has 0 aromatic heterocycles. The first-order valence-corrected chi connectivity index (χ1v) is 11.0. The maximum Gasteiger partial charge on any atom is 0.416 e. The van der Waals surface area contributed by atoms with E-state index in [1.54, 1.807) is 25.8 Å². The molecule has 1 aliphatic heterocycles. The molecular formula is C22H25F3N2O5S. The van der Waals surface area contributed by atoms with Crippen LogP contribution < -0.4 is 5.32 Å². The molecule has 1 aromatic rings. The molecule has 7 nitrogen and oxygen atoms in total. The Balaban J connectivity index is 2.84. The minimum Gasteiger partial charge on any atom is -0.466 e. The lowest BCUT2D eigenvalue weighted by Crippen LogP contribution is -2.34. The van der Waals surface area contributed by atoms with Crippen LogP contribution in [0.2, 0.25) is 0 Å². The summed E-state index contributed by atoms with van der Waals surface area (Å²) in [5, 5.41) is 2.82. The fourth-order valence-electron chi connectivity index (χ4n) is 3.54. The molecule has 11 heteroatoms. The van der Waals surface area contributed by atoms with E-state index in [2.05, 4.69) is 5.32 Å². The zero-order chi connectivity index (χ0) is 24.8. The number of methoxy groups -OCH3 is 1. The lowest BCUT2D eigenvalue weighted by Gasteiger charge is -2.37. The SMILES string of the molecule is CCOC(=O)C1=C(SCCNC=O)N(C)C(C)=C(C(=O)OC)C1c1ccccc1C(F)(F)F. The van der Waals surface area contributed by atoms with Crippen molar-refractivity contribution in [1.29, 1.82) is 0 Å². The predicted molar refractivity (Wildman–Crippen MR) is 117 cm³/mol. The van der Waals surface area contributed by atoms with E-state index in [9.17, 15) is 27.6 Å². The quantitative estimate of drug-likeness (QED) is 0.325. The van der Waals surface area contributed by atoms with Crippen LogP contribution in [0.1, 0.15) is 30.9 Å². The zero-order valence-electron chi connectivity index (χ0n) is 18.6. The number of allylic oxidation sites excluding steroid dienone is 1. The van der Waals surface area contributed by atoms with Crippen molar-refractivity contribution in [1.82, 2.24) is 10.2 Å². The average Bonchev–Trinajstić information content (AvgIpc) is 2.78. The zero-order valence-corrected chi connectivity index (χ0v) is 19.4. The third kappa shape index (κ3) is 5.70. The molecule has 0 saturated heterocycles. The fraction of sp³-hybridized carbons (Fsp3) is 0.409. The van der Waals surface area contributed by atoms with E-state index < -0.39 is 29.6 Å². The van der Waals surface area contributed by atoms with E-state index in [-0.39, 0.29) is 29.9 Å². The first-order valence-electron chi connectivity index (χ1n) is 10.00. The van der Waals surface area contributed by atoms with Crippen molar-refractivity contribution in [3.63, 3.8) is 0 Å². The number of ether oxygens (including phenoxy) is 2. The van der Waals surface area contributed by atoms with Gasteiger partial charge in [-0.05, 0) is 25.5 Å². The van der Waals surface area contributed by atoms with Gasteiger partial charge in [0.05, 0.1) is 41.4 Å². The first kappa shape index (κ1) is 26.3. The normalized spacial score (nSPS) is 16.6. The number of carbonyl (C=O) groups excluding carboxylic acids is 3. The third-order valence-corrected chi connectivity index (χ3v) is 6.23. The molecule has 1 heterocycles. The number of nitrogens with one attached hydrogen (secondary N) is 1. The summed E-state index contributed by atoms with van der Waals surface area (Å²) in [5.74, 6) is -2.73. The minimum absolute atomic E-state index is 0.0133. The van der Waals surface area contributed by atoms with E-state index in [4.69, 9.17) is 9.47 Å². The number of nitrogens with zero attached hydrogens (tertiary/aromatic N) is 1. The number of rotatable bonds is 9. The topological polar surface area (TPSA) is 84.9 Å². The highest BCUT2D eigenvalue weighted by atomic mass is 32.2. The Morgan fingerprint density at radius 3 is 2.45 bits per heavy atom. The number of halogens is 3. The van der Waals surface area contributed by atoms with Crippen molar-refractivity contribution in [2.24, 2.45) is 0 Å². The molecule has 1 aromatic carbocycles. The van der Waals surface area contributed by atoms with Crippen LogP contribution in [0.3, 0.4) is 0 Å². The molecule has 1 N–H and O–H groups in total. The third-order valence-electron chi connectivity index (χ3n) is 5.05. The molecule has 0 fully saturated rings. The van der Waals surface area contributed by atoms with E-state index in [0.717, 1.165) is 24.9 Å². The van der Waals surface area contributed by atoms with Gasteiger partial charge in [0.15, 0.2) is 0 Å². The number of thioether (sulfide) groups is 1. The highest BCUT2D eigenvalue weighted by Crippen LogP contribution is 2.48. The average molecular weight is 487 g/mol. The Kier molecular flexibility index (Phi) is 8.98. The van der Waals surface area contributed by atoms with Gasteiger partial charge in [-0.1, -0.05) is 18.2 Å². The van der Waals surface area contributed by atoms with Crippen molar-refractivity contribution < 1.29 is 37.0 Å². The monoisotopic (exact) mass is 486 g/mol. The van der Waals surface area contributed by atoms with Crippen LogP contribution in [0.5, 0.6) is 0 Å². The lowest BCUT2D eigenvalue weighted by molar-refractivity contribution is -0.141. The van der Waals surface area contributed by atoms with Gasteiger partial charge < -0.3 is 19.7 Å². The molecule has 1 amide bonds. The van der Waals surface area contributed by atoms with E-state index in [1.165, 1.54) is 18.2 Å². The van der Waals surface area contributed by atoms with Gasteiger partial charge in [0.1, 0.15) is 0 Å². The van der Waals surface area contributed by atoms with Crippen LogP contribution in [0.25, 0.3) is 0 Å². The largest absolute Gasteiger partial charge is 0.466 e. The number of carbonyl (C=O) groups is 3. The molecule has 0 radical (unpaired) electrons. The number of esters is 2. The van der Waals surface area contributed by atoms with Crippen LogP contribution in [-0.2, 0) is 30.0 Å². The Morgan fingerprint density at radius 1 is 1.21 bits per heavy atom. The van der Waals surface area contributed by atoms with E-state index >= 15 is 0 Å². The predicted octanol–water partition coefficient (Wildman–Crippen LogP) is 3.44. The summed E-state index contributed by atoms with van der Waals surface area (Å²) in [6.45, 7) is 3.40. The molecular weight excluding hydrogens is 461 g/mol. The Bertz CT molecular complexity index is 975. The van der Waals surface area contributed by atoms with Gasteiger partial charge in [-0.25, -0.2) is 9.59 Å². The summed E-state index contributed by atoms with van der Waals surface area (Å²) >= 11 is 1.16. The van der Waals surface area contributed by atoms with Crippen LogP contribution in [0, 0.1) is 0 Å². The second-order valence-electron chi connectivity index (χ2n) is 6.93. The summed E-state index contributed by atoms with van der Waals surface area (Å²) in [6.07, 6.45) is -4.20. The van der Waals surface area contributed by atoms with Crippen molar-refractivity contribution in [2.75, 3.05) is 33.1 Å². The summed E-state index contributed by atoms with van der Waals surface area (Å²) in [5.41, 5.74) is -1.08. The number of alkyl halides is 3. The molecule has 0 saturated carbocycles.